The van der Waals surface area contributed by atoms with Gasteiger partial charge in [0.15, 0.2) is 0 Å². The Kier molecular flexibility index (Phi) is 6.74. The highest BCUT2D eigenvalue weighted by Crippen LogP contribution is 2.20. The van der Waals surface area contributed by atoms with E-state index in [1.165, 1.54) is 6.26 Å². The molecule has 7 heteroatoms. The maximum Gasteiger partial charge on any atom is 0.406 e. The lowest BCUT2D eigenvalue weighted by Gasteiger charge is -2.23. The van der Waals surface area contributed by atoms with Gasteiger partial charge in [-0.3, -0.25) is 4.79 Å². The predicted molar refractivity (Wildman–Crippen MR) is 72.2 cm³/mol. The molecule has 1 aromatic heterocycles. The number of hydrogen-bond donors (Lipinski definition) is 1. The number of amides is 1. The minimum absolute atomic E-state index is 0.0813. The van der Waals surface area contributed by atoms with Crippen LogP contribution in [0.3, 0.4) is 0 Å². The molecule has 0 spiro atoms. The van der Waals surface area contributed by atoms with Gasteiger partial charge in [0.2, 0.25) is 5.91 Å². The van der Waals surface area contributed by atoms with Crippen LogP contribution in [0, 0.1) is 5.92 Å². The molecule has 1 aromatic rings. The van der Waals surface area contributed by atoms with Crippen LogP contribution in [0.5, 0.6) is 0 Å². The van der Waals surface area contributed by atoms with Gasteiger partial charge in [-0.15, -0.1) is 0 Å². The SMILES string of the molecule is CC(CCN)CCC(=O)N(Cc1ccco1)CC(F)(F)F. The van der Waals surface area contributed by atoms with Gasteiger partial charge in [-0.2, -0.15) is 13.2 Å². The van der Waals surface area contributed by atoms with E-state index in [2.05, 4.69) is 0 Å². The Bertz CT molecular complexity index is 418. The molecule has 0 radical (unpaired) electrons. The summed E-state index contributed by atoms with van der Waals surface area (Å²) < 4.78 is 42.7. The highest BCUT2D eigenvalue weighted by molar-refractivity contribution is 5.76. The fourth-order valence-corrected chi connectivity index (χ4v) is 2.00. The molecule has 4 nitrogen and oxygen atoms in total. The molecular weight excluding hydrogens is 285 g/mol. The van der Waals surface area contributed by atoms with Crippen LogP contribution in [0.2, 0.25) is 0 Å². The predicted octanol–water partition coefficient (Wildman–Crippen LogP) is 2.94. The number of nitrogens with zero attached hydrogens (tertiary/aromatic N) is 1. The smallest absolute Gasteiger partial charge is 0.406 e. The molecule has 1 atom stereocenters. The Morgan fingerprint density at radius 1 is 1.43 bits per heavy atom. The van der Waals surface area contributed by atoms with E-state index in [1.54, 1.807) is 12.1 Å². The second-order valence-electron chi connectivity index (χ2n) is 5.17. The first-order valence-electron chi connectivity index (χ1n) is 6.89. The van der Waals surface area contributed by atoms with Crippen molar-refractivity contribution in [3.63, 3.8) is 0 Å². The third kappa shape index (κ3) is 7.17. The van der Waals surface area contributed by atoms with Gasteiger partial charge < -0.3 is 15.1 Å². The first-order valence-corrected chi connectivity index (χ1v) is 6.89. The third-order valence-electron chi connectivity index (χ3n) is 3.16. The second kappa shape index (κ2) is 8.07. The van der Waals surface area contributed by atoms with E-state index in [-0.39, 0.29) is 18.9 Å². The topological polar surface area (TPSA) is 59.5 Å². The van der Waals surface area contributed by atoms with Crippen LogP contribution in [0.15, 0.2) is 22.8 Å². The fraction of sp³-hybridized carbons (Fsp3) is 0.643. The van der Waals surface area contributed by atoms with Crippen molar-refractivity contribution in [2.24, 2.45) is 11.7 Å². The van der Waals surface area contributed by atoms with Gasteiger partial charge >= 0.3 is 6.18 Å². The van der Waals surface area contributed by atoms with Crippen molar-refractivity contribution in [2.75, 3.05) is 13.1 Å². The number of halogens is 3. The molecule has 0 aliphatic carbocycles. The summed E-state index contributed by atoms with van der Waals surface area (Å²) in [6.45, 7) is 1.00. The van der Waals surface area contributed by atoms with Gasteiger partial charge in [0.25, 0.3) is 0 Å². The molecular formula is C14H21F3N2O2. The molecule has 0 bridgehead atoms. The minimum atomic E-state index is -4.43. The summed E-state index contributed by atoms with van der Waals surface area (Å²) in [4.78, 5) is 12.8. The molecule has 2 N–H and O–H groups in total. The van der Waals surface area contributed by atoms with Crippen molar-refractivity contribution in [1.29, 1.82) is 0 Å². The van der Waals surface area contributed by atoms with E-state index in [4.69, 9.17) is 10.2 Å². The largest absolute Gasteiger partial charge is 0.467 e. The molecule has 0 saturated heterocycles. The molecule has 0 fully saturated rings. The Hall–Kier alpha value is -1.50. The number of furan rings is 1. The molecule has 120 valence electrons. The number of hydrogen-bond acceptors (Lipinski definition) is 3. The van der Waals surface area contributed by atoms with Gasteiger partial charge in [0.05, 0.1) is 12.8 Å². The zero-order valence-corrected chi connectivity index (χ0v) is 12.0. The molecule has 21 heavy (non-hydrogen) atoms. The Morgan fingerprint density at radius 2 is 2.14 bits per heavy atom. The van der Waals surface area contributed by atoms with Gasteiger partial charge in [0, 0.05) is 6.42 Å². The van der Waals surface area contributed by atoms with Crippen LogP contribution in [0.25, 0.3) is 0 Å². The van der Waals surface area contributed by atoms with E-state index < -0.39 is 18.6 Å². The zero-order chi connectivity index (χ0) is 15.9. The second-order valence-corrected chi connectivity index (χ2v) is 5.17. The van der Waals surface area contributed by atoms with Crippen LogP contribution >= 0.6 is 0 Å². The molecule has 0 aliphatic heterocycles. The molecule has 1 heterocycles. The third-order valence-corrected chi connectivity index (χ3v) is 3.16. The highest BCUT2D eigenvalue weighted by Gasteiger charge is 2.33. The van der Waals surface area contributed by atoms with Gasteiger partial charge in [0.1, 0.15) is 12.3 Å². The van der Waals surface area contributed by atoms with Crippen LogP contribution < -0.4 is 5.73 Å². The van der Waals surface area contributed by atoms with Gasteiger partial charge in [-0.1, -0.05) is 6.92 Å². The number of carbonyl (C=O) groups is 1. The van der Waals surface area contributed by atoms with E-state index in [1.807, 2.05) is 6.92 Å². The van der Waals surface area contributed by atoms with Crippen molar-refractivity contribution >= 4 is 5.91 Å². The maximum absolute atomic E-state index is 12.6. The Morgan fingerprint density at radius 3 is 2.67 bits per heavy atom. The molecule has 1 unspecified atom stereocenters. The van der Waals surface area contributed by atoms with Crippen molar-refractivity contribution in [2.45, 2.75) is 38.9 Å². The summed E-state index contributed by atoms with van der Waals surface area (Å²) in [5.41, 5.74) is 5.41. The lowest BCUT2D eigenvalue weighted by molar-refractivity contribution is -0.163. The van der Waals surface area contributed by atoms with Gasteiger partial charge in [-0.25, -0.2) is 0 Å². The monoisotopic (exact) mass is 306 g/mol. The van der Waals surface area contributed by atoms with Crippen molar-refractivity contribution in [3.05, 3.63) is 24.2 Å². The fourth-order valence-electron chi connectivity index (χ4n) is 2.00. The quantitative estimate of drug-likeness (QED) is 0.803. The minimum Gasteiger partial charge on any atom is -0.467 e. The lowest BCUT2D eigenvalue weighted by Crippen LogP contribution is -2.38. The first kappa shape index (κ1) is 17.6. The van der Waals surface area contributed by atoms with Crippen molar-refractivity contribution < 1.29 is 22.4 Å². The van der Waals surface area contributed by atoms with Gasteiger partial charge in [-0.05, 0) is 37.4 Å². The summed E-state index contributed by atoms with van der Waals surface area (Å²) in [5.74, 6) is 0.0329. The number of rotatable bonds is 8. The van der Waals surface area contributed by atoms with E-state index in [0.717, 1.165) is 11.3 Å². The molecule has 0 aliphatic rings. The number of nitrogens with two attached hydrogens (primary N) is 1. The highest BCUT2D eigenvalue weighted by atomic mass is 19.4. The van der Waals surface area contributed by atoms with E-state index >= 15 is 0 Å². The summed E-state index contributed by atoms with van der Waals surface area (Å²) >= 11 is 0. The van der Waals surface area contributed by atoms with Crippen LogP contribution in [0.4, 0.5) is 13.2 Å². The average Bonchev–Trinajstić information content (AvgIpc) is 2.87. The summed E-state index contributed by atoms with van der Waals surface area (Å²) in [7, 11) is 0. The standard InChI is InChI=1S/C14H21F3N2O2/c1-11(6-7-18)4-5-13(20)19(10-14(15,16)17)9-12-3-2-8-21-12/h2-3,8,11H,4-7,9-10,18H2,1H3. The van der Waals surface area contributed by atoms with Crippen molar-refractivity contribution in [1.82, 2.24) is 4.90 Å². The lowest BCUT2D eigenvalue weighted by atomic mass is 10.0. The summed E-state index contributed by atoms with van der Waals surface area (Å²) in [6, 6.07) is 3.13. The summed E-state index contributed by atoms with van der Waals surface area (Å²) in [5, 5.41) is 0. The first-order chi connectivity index (χ1) is 9.81. The maximum atomic E-state index is 12.6. The average molecular weight is 306 g/mol. The zero-order valence-electron chi connectivity index (χ0n) is 12.0. The molecule has 1 rings (SSSR count). The van der Waals surface area contributed by atoms with Crippen LogP contribution in [0.1, 0.15) is 31.9 Å². The molecule has 1 amide bonds. The summed E-state index contributed by atoms with van der Waals surface area (Å²) in [6.07, 6.45) is -1.69. The Labute approximate surface area is 122 Å². The molecule has 0 saturated carbocycles. The Balaban J connectivity index is 2.60. The normalized spacial score (nSPS) is 13.2. The van der Waals surface area contributed by atoms with Crippen LogP contribution in [-0.4, -0.2) is 30.1 Å². The number of alkyl halides is 3. The van der Waals surface area contributed by atoms with Crippen molar-refractivity contribution in [3.8, 4) is 0 Å². The number of carbonyl (C=O) groups excluding carboxylic acids is 1. The molecule has 0 aromatic carbocycles. The van der Waals surface area contributed by atoms with E-state index in [0.29, 0.717) is 18.7 Å². The van der Waals surface area contributed by atoms with E-state index in [9.17, 15) is 18.0 Å². The van der Waals surface area contributed by atoms with Crippen LogP contribution in [-0.2, 0) is 11.3 Å².